The highest BCUT2D eigenvalue weighted by Gasteiger charge is 2.17. The number of hydrogen-bond acceptors (Lipinski definition) is 3. The van der Waals surface area contributed by atoms with E-state index in [9.17, 15) is 4.39 Å². The van der Waals surface area contributed by atoms with Crippen LogP contribution in [0.5, 0.6) is 5.75 Å². The molecule has 0 saturated carbocycles. The lowest BCUT2D eigenvalue weighted by Crippen LogP contribution is -2.26. The first-order valence-corrected chi connectivity index (χ1v) is 6.53. The van der Waals surface area contributed by atoms with E-state index in [0.29, 0.717) is 6.54 Å². The van der Waals surface area contributed by atoms with Crippen LogP contribution in [-0.2, 0) is 11.3 Å². The van der Waals surface area contributed by atoms with E-state index in [1.54, 1.807) is 6.07 Å². The van der Waals surface area contributed by atoms with Crippen LogP contribution in [0.15, 0.2) is 18.2 Å². The molecule has 0 aliphatic carbocycles. The third kappa shape index (κ3) is 3.68. The number of ether oxygens (including phenoxy) is 2. The quantitative estimate of drug-likeness (QED) is 0.874. The molecule has 0 unspecified atom stereocenters. The summed E-state index contributed by atoms with van der Waals surface area (Å²) in [7, 11) is 0. The molecule has 1 heterocycles. The molecule has 0 aromatic heterocycles. The SMILES string of the molecule is CCNCc1cc(F)ccc1OC1CCOCC1. The summed E-state index contributed by atoms with van der Waals surface area (Å²) in [5.74, 6) is 0.562. The van der Waals surface area contributed by atoms with Crippen LogP contribution in [0, 0.1) is 5.82 Å². The minimum atomic E-state index is -0.220. The Balaban J connectivity index is 2.04. The van der Waals surface area contributed by atoms with Gasteiger partial charge in [-0.2, -0.15) is 0 Å². The van der Waals surface area contributed by atoms with E-state index in [2.05, 4.69) is 5.32 Å². The molecule has 0 atom stereocenters. The predicted molar refractivity (Wildman–Crippen MR) is 68.2 cm³/mol. The van der Waals surface area contributed by atoms with Crippen molar-refractivity contribution in [3.05, 3.63) is 29.6 Å². The summed E-state index contributed by atoms with van der Waals surface area (Å²) in [6.45, 7) is 5.00. The normalized spacial score (nSPS) is 16.8. The van der Waals surface area contributed by atoms with Gasteiger partial charge in [-0.1, -0.05) is 6.92 Å². The maximum atomic E-state index is 13.2. The molecule has 0 amide bonds. The minimum Gasteiger partial charge on any atom is -0.490 e. The molecular weight excluding hydrogens is 233 g/mol. The smallest absolute Gasteiger partial charge is 0.124 e. The van der Waals surface area contributed by atoms with Gasteiger partial charge >= 0.3 is 0 Å². The van der Waals surface area contributed by atoms with Gasteiger partial charge in [-0.25, -0.2) is 4.39 Å². The first-order chi connectivity index (χ1) is 8.79. The average molecular weight is 253 g/mol. The third-order valence-corrected chi connectivity index (χ3v) is 3.05. The van der Waals surface area contributed by atoms with Crippen molar-refractivity contribution in [3.8, 4) is 5.75 Å². The van der Waals surface area contributed by atoms with Gasteiger partial charge in [0.15, 0.2) is 0 Å². The van der Waals surface area contributed by atoms with E-state index in [1.807, 2.05) is 6.92 Å². The molecule has 18 heavy (non-hydrogen) atoms. The van der Waals surface area contributed by atoms with Gasteiger partial charge in [0.1, 0.15) is 17.7 Å². The summed E-state index contributed by atoms with van der Waals surface area (Å²) in [4.78, 5) is 0. The van der Waals surface area contributed by atoms with Gasteiger partial charge in [-0.05, 0) is 24.7 Å². The van der Waals surface area contributed by atoms with Crippen LogP contribution in [0.4, 0.5) is 4.39 Å². The zero-order chi connectivity index (χ0) is 12.8. The molecule has 1 aliphatic heterocycles. The van der Waals surface area contributed by atoms with E-state index in [4.69, 9.17) is 9.47 Å². The zero-order valence-electron chi connectivity index (χ0n) is 10.7. The van der Waals surface area contributed by atoms with Gasteiger partial charge in [0.2, 0.25) is 0 Å². The van der Waals surface area contributed by atoms with E-state index in [-0.39, 0.29) is 11.9 Å². The van der Waals surface area contributed by atoms with Crippen molar-refractivity contribution in [1.82, 2.24) is 5.32 Å². The fourth-order valence-electron chi connectivity index (χ4n) is 2.03. The van der Waals surface area contributed by atoms with Gasteiger partial charge < -0.3 is 14.8 Å². The Bertz CT molecular complexity index is 378. The summed E-state index contributed by atoms with van der Waals surface area (Å²) >= 11 is 0. The maximum absolute atomic E-state index is 13.2. The number of halogens is 1. The molecule has 2 rings (SSSR count). The minimum absolute atomic E-state index is 0.185. The molecule has 1 saturated heterocycles. The average Bonchev–Trinajstić information content (AvgIpc) is 2.40. The van der Waals surface area contributed by atoms with E-state index < -0.39 is 0 Å². The largest absolute Gasteiger partial charge is 0.490 e. The standard InChI is InChI=1S/C14H20FNO2/c1-2-16-10-11-9-12(15)3-4-14(11)18-13-5-7-17-8-6-13/h3-4,9,13,16H,2,5-8,10H2,1H3. The van der Waals surface area contributed by atoms with Gasteiger partial charge in [0.25, 0.3) is 0 Å². The summed E-state index contributed by atoms with van der Waals surface area (Å²) in [6.07, 6.45) is 1.99. The monoisotopic (exact) mass is 253 g/mol. The fourth-order valence-corrected chi connectivity index (χ4v) is 2.03. The van der Waals surface area contributed by atoms with Gasteiger partial charge in [0.05, 0.1) is 13.2 Å². The molecule has 100 valence electrons. The van der Waals surface area contributed by atoms with Gasteiger partial charge in [-0.3, -0.25) is 0 Å². The predicted octanol–water partition coefficient (Wildman–Crippen LogP) is 2.49. The van der Waals surface area contributed by atoms with Crippen LogP contribution in [0.25, 0.3) is 0 Å². The summed E-state index contributed by atoms with van der Waals surface area (Å²) in [5, 5.41) is 3.20. The molecule has 4 heteroatoms. The number of nitrogens with one attached hydrogen (secondary N) is 1. The molecular formula is C14H20FNO2. The number of benzene rings is 1. The highest BCUT2D eigenvalue weighted by atomic mass is 19.1. The third-order valence-electron chi connectivity index (χ3n) is 3.05. The van der Waals surface area contributed by atoms with Crippen LogP contribution in [0.3, 0.4) is 0 Å². The number of rotatable bonds is 5. The van der Waals surface area contributed by atoms with Crippen molar-refractivity contribution in [2.45, 2.75) is 32.4 Å². The van der Waals surface area contributed by atoms with E-state index in [0.717, 1.165) is 43.9 Å². The molecule has 1 fully saturated rings. The summed E-state index contributed by atoms with van der Waals surface area (Å²) in [5.41, 5.74) is 0.878. The van der Waals surface area contributed by atoms with Crippen molar-refractivity contribution in [1.29, 1.82) is 0 Å². The topological polar surface area (TPSA) is 30.5 Å². The Labute approximate surface area is 107 Å². The van der Waals surface area contributed by atoms with Crippen LogP contribution in [0.1, 0.15) is 25.3 Å². The molecule has 1 aliphatic rings. The lowest BCUT2D eigenvalue weighted by molar-refractivity contribution is 0.0251. The van der Waals surface area contributed by atoms with Crippen molar-refractivity contribution in [3.63, 3.8) is 0 Å². The van der Waals surface area contributed by atoms with E-state index in [1.165, 1.54) is 12.1 Å². The van der Waals surface area contributed by atoms with Crippen LogP contribution in [-0.4, -0.2) is 25.9 Å². The Kier molecular flexibility index (Phi) is 4.96. The second kappa shape index (κ2) is 6.71. The molecule has 1 aromatic rings. The van der Waals surface area contributed by atoms with Crippen LogP contribution in [0.2, 0.25) is 0 Å². The molecule has 1 N–H and O–H groups in total. The van der Waals surface area contributed by atoms with Crippen molar-refractivity contribution in [2.24, 2.45) is 0 Å². The highest BCUT2D eigenvalue weighted by molar-refractivity contribution is 5.34. The first-order valence-electron chi connectivity index (χ1n) is 6.53. The Hall–Kier alpha value is -1.13. The highest BCUT2D eigenvalue weighted by Crippen LogP contribution is 2.23. The van der Waals surface area contributed by atoms with Crippen molar-refractivity contribution < 1.29 is 13.9 Å². The Morgan fingerprint density at radius 3 is 2.89 bits per heavy atom. The number of hydrogen-bond donors (Lipinski definition) is 1. The molecule has 1 aromatic carbocycles. The second-order valence-corrected chi connectivity index (χ2v) is 4.46. The maximum Gasteiger partial charge on any atom is 0.124 e. The first kappa shape index (κ1) is 13.3. The molecule has 0 bridgehead atoms. The Morgan fingerprint density at radius 1 is 1.39 bits per heavy atom. The fraction of sp³-hybridized carbons (Fsp3) is 0.571. The molecule has 0 radical (unpaired) electrons. The lowest BCUT2D eigenvalue weighted by Gasteiger charge is -2.24. The molecule has 3 nitrogen and oxygen atoms in total. The van der Waals surface area contributed by atoms with Gasteiger partial charge in [-0.15, -0.1) is 0 Å². The Morgan fingerprint density at radius 2 is 2.17 bits per heavy atom. The van der Waals surface area contributed by atoms with E-state index >= 15 is 0 Å². The summed E-state index contributed by atoms with van der Waals surface area (Å²) < 4.78 is 24.5. The van der Waals surface area contributed by atoms with Crippen molar-refractivity contribution in [2.75, 3.05) is 19.8 Å². The zero-order valence-corrected chi connectivity index (χ0v) is 10.7. The second-order valence-electron chi connectivity index (χ2n) is 4.46. The lowest BCUT2D eigenvalue weighted by atomic mass is 10.1. The van der Waals surface area contributed by atoms with Crippen LogP contribution >= 0.6 is 0 Å². The van der Waals surface area contributed by atoms with Crippen LogP contribution < -0.4 is 10.1 Å². The summed E-state index contributed by atoms with van der Waals surface area (Å²) in [6, 6.07) is 4.71. The van der Waals surface area contributed by atoms with Crippen molar-refractivity contribution >= 4 is 0 Å². The van der Waals surface area contributed by atoms with Gasteiger partial charge in [0, 0.05) is 24.9 Å². The molecule has 0 spiro atoms.